The van der Waals surface area contributed by atoms with Gasteiger partial charge >= 0.3 is 6.03 Å². The van der Waals surface area contributed by atoms with Gasteiger partial charge in [0.1, 0.15) is 0 Å². The fourth-order valence-corrected chi connectivity index (χ4v) is 3.65. The zero-order chi connectivity index (χ0) is 16.9. The summed E-state index contributed by atoms with van der Waals surface area (Å²) in [5.41, 5.74) is 1.31. The maximum Gasteiger partial charge on any atom is 0.315 e. The van der Waals surface area contributed by atoms with Gasteiger partial charge in [0.15, 0.2) is 0 Å². The summed E-state index contributed by atoms with van der Waals surface area (Å²) in [4.78, 5) is 14.3. The number of urea groups is 1. The third-order valence-electron chi connectivity index (χ3n) is 5.30. The van der Waals surface area contributed by atoms with Crippen molar-refractivity contribution in [3.05, 3.63) is 35.9 Å². The van der Waals surface area contributed by atoms with Gasteiger partial charge in [-0.15, -0.1) is 0 Å². The molecule has 2 heterocycles. The normalized spacial score (nSPS) is 26.5. The molecule has 0 aliphatic carbocycles. The number of carbonyl (C=O) groups is 1. The van der Waals surface area contributed by atoms with Crippen LogP contribution in [0, 0.1) is 0 Å². The summed E-state index contributed by atoms with van der Waals surface area (Å²) in [5.74, 6) is 0. The highest BCUT2D eigenvalue weighted by Crippen LogP contribution is 2.34. The average Bonchev–Trinajstić information content (AvgIpc) is 3.18. The number of carbonyl (C=O) groups excluding carboxylic acids is 1. The first-order valence-corrected chi connectivity index (χ1v) is 9.06. The molecule has 2 bridgehead atoms. The molecule has 3 rings (SSSR count). The zero-order valence-electron chi connectivity index (χ0n) is 14.7. The summed E-state index contributed by atoms with van der Waals surface area (Å²) in [7, 11) is 2.13. The highest BCUT2D eigenvalue weighted by molar-refractivity contribution is 5.74. The molecule has 0 aromatic heterocycles. The molecule has 5 nitrogen and oxygen atoms in total. The Morgan fingerprint density at radius 2 is 2.12 bits per heavy atom. The summed E-state index contributed by atoms with van der Waals surface area (Å²) in [6, 6.07) is 11.0. The summed E-state index contributed by atoms with van der Waals surface area (Å²) >= 11 is 0. The van der Waals surface area contributed by atoms with Gasteiger partial charge in [-0.2, -0.15) is 0 Å². The van der Waals surface area contributed by atoms with Gasteiger partial charge in [0.25, 0.3) is 0 Å². The van der Waals surface area contributed by atoms with Crippen molar-refractivity contribution < 1.29 is 9.53 Å². The predicted molar refractivity (Wildman–Crippen MR) is 94.8 cm³/mol. The van der Waals surface area contributed by atoms with Crippen molar-refractivity contribution in [3.63, 3.8) is 0 Å². The maximum atomic E-state index is 12.0. The van der Waals surface area contributed by atoms with Crippen molar-refractivity contribution in [3.8, 4) is 0 Å². The number of benzene rings is 1. The Morgan fingerprint density at radius 1 is 1.33 bits per heavy atom. The molecule has 0 radical (unpaired) electrons. The number of nitrogens with one attached hydrogen (secondary N) is 2. The minimum absolute atomic E-state index is 0.0611. The van der Waals surface area contributed by atoms with E-state index in [1.54, 1.807) is 0 Å². The van der Waals surface area contributed by atoms with E-state index in [9.17, 15) is 4.79 Å². The van der Waals surface area contributed by atoms with Crippen LogP contribution in [0.4, 0.5) is 4.79 Å². The van der Waals surface area contributed by atoms with E-state index in [2.05, 4.69) is 53.8 Å². The van der Waals surface area contributed by atoms with Gasteiger partial charge in [-0.25, -0.2) is 4.79 Å². The number of ether oxygens (including phenoxy) is 1. The third-order valence-corrected chi connectivity index (χ3v) is 5.30. The van der Waals surface area contributed by atoms with Gasteiger partial charge in [-0.1, -0.05) is 30.3 Å². The minimum atomic E-state index is -0.0611. The van der Waals surface area contributed by atoms with E-state index in [1.165, 1.54) is 5.56 Å². The molecule has 2 amide bonds. The SMILES string of the molecule is C[C@@H](CCNC(=O)N[C@@H]1C[C@H]2CC[C@H]1O2)N(C)Cc1ccccc1. The monoisotopic (exact) mass is 331 g/mol. The van der Waals surface area contributed by atoms with Crippen LogP contribution in [0.1, 0.15) is 38.2 Å². The lowest BCUT2D eigenvalue weighted by molar-refractivity contribution is 0.0981. The topological polar surface area (TPSA) is 53.6 Å². The van der Waals surface area contributed by atoms with Gasteiger partial charge < -0.3 is 15.4 Å². The zero-order valence-corrected chi connectivity index (χ0v) is 14.7. The van der Waals surface area contributed by atoms with Crippen LogP contribution >= 0.6 is 0 Å². The third kappa shape index (κ3) is 4.48. The van der Waals surface area contributed by atoms with E-state index in [-0.39, 0.29) is 18.2 Å². The van der Waals surface area contributed by atoms with Crippen LogP contribution in [-0.2, 0) is 11.3 Å². The highest BCUT2D eigenvalue weighted by Gasteiger charge is 2.41. The molecule has 1 aromatic carbocycles. The Kier molecular flexibility index (Phi) is 5.74. The number of hydrogen-bond acceptors (Lipinski definition) is 3. The summed E-state index contributed by atoms with van der Waals surface area (Å²) < 4.78 is 5.77. The second-order valence-corrected chi connectivity index (χ2v) is 7.15. The number of fused-ring (bicyclic) bond motifs is 2. The summed E-state index contributed by atoms with van der Waals surface area (Å²) in [5, 5.41) is 6.05. The van der Waals surface area contributed by atoms with Gasteiger partial charge in [-0.05, 0) is 45.2 Å². The molecule has 2 N–H and O–H groups in total. The van der Waals surface area contributed by atoms with Crippen LogP contribution in [0.2, 0.25) is 0 Å². The van der Waals surface area contributed by atoms with Crippen LogP contribution < -0.4 is 10.6 Å². The first kappa shape index (κ1) is 17.2. The van der Waals surface area contributed by atoms with Gasteiger partial charge in [0, 0.05) is 19.1 Å². The molecule has 5 heteroatoms. The number of rotatable bonds is 7. The number of amides is 2. The smallest absolute Gasteiger partial charge is 0.315 e. The maximum absolute atomic E-state index is 12.0. The lowest BCUT2D eigenvalue weighted by atomic mass is 9.96. The number of hydrogen-bond donors (Lipinski definition) is 2. The largest absolute Gasteiger partial charge is 0.373 e. The van der Waals surface area contributed by atoms with E-state index >= 15 is 0 Å². The molecule has 0 saturated carbocycles. The highest BCUT2D eigenvalue weighted by atomic mass is 16.5. The lowest BCUT2D eigenvalue weighted by Gasteiger charge is -2.25. The molecule has 1 aromatic rings. The molecule has 24 heavy (non-hydrogen) atoms. The van der Waals surface area contributed by atoms with Crippen LogP contribution in [0.25, 0.3) is 0 Å². The van der Waals surface area contributed by atoms with Crippen molar-refractivity contribution in [1.82, 2.24) is 15.5 Å². The van der Waals surface area contributed by atoms with Crippen molar-refractivity contribution in [2.45, 2.75) is 63.4 Å². The van der Waals surface area contributed by atoms with Crippen molar-refractivity contribution in [2.75, 3.05) is 13.6 Å². The second kappa shape index (κ2) is 7.99. The Morgan fingerprint density at radius 3 is 2.79 bits per heavy atom. The molecule has 132 valence electrons. The van der Waals surface area contributed by atoms with E-state index in [0.717, 1.165) is 32.2 Å². The molecule has 4 atom stereocenters. The minimum Gasteiger partial charge on any atom is -0.373 e. The standard InChI is InChI=1S/C19H29N3O2/c1-14(22(2)13-15-6-4-3-5-7-15)10-11-20-19(23)21-17-12-16-8-9-18(17)24-16/h3-7,14,16-18H,8-13H2,1-2H3,(H2,20,21,23)/t14-,16+,17+,18+/m0/s1. The second-order valence-electron chi connectivity index (χ2n) is 7.15. The van der Waals surface area contributed by atoms with E-state index in [4.69, 9.17) is 4.74 Å². The predicted octanol–water partition coefficient (Wildman–Crippen LogP) is 2.52. The Labute approximate surface area is 144 Å². The van der Waals surface area contributed by atoms with E-state index in [1.807, 2.05) is 6.07 Å². The fraction of sp³-hybridized carbons (Fsp3) is 0.632. The first-order chi connectivity index (χ1) is 11.6. The molecule has 2 aliphatic heterocycles. The summed E-state index contributed by atoms with van der Waals surface area (Å²) in [6.07, 6.45) is 4.73. The van der Waals surface area contributed by atoms with Crippen LogP contribution in [0.15, 0.2) is 30.3 Å². The van der Waals surface area contributed by atoms with Gasteiger partial charge in [0.05, 0.1) is 18.2 Å². The van der Waals surface area contributed by atoms with Gasteiger partial charge in [0.2, 0.25) is 0 Å². The van der Waals surface area contributed by atoms with Gasteiger partial charge in [-0.3, -0.25) is 4.90 Å². The average molecular weight is 331 g/mol. The first-order valence-electron chi connectivity index (χ1n) is 9.06. The molecular formula is C19H29N3O2. The molecule has 2 aliphatic rings. The Bertz CT molecular complexity index is 537. The summed E-state index contributed by atoms with van der Waals surface area (Å²) in [6.45, 7) is 3.82. The van der Waals surface area contributed by atoms with Crippen LogP contribution in [0.5, 0.6) is 0 Å². The molecule has 0 unspecified atom stereocenters. The lowest BCUT2D eigenvalue weighted by Crippen LogP contribution is -2.47. The van der Waals surface area contributed by atoms with Crippen molar-refractivity contribution in [1.29, 1.82) is 0 Å². The molecular weight excluding hydrogens is 302 g/mol. The Balaban J connectivity index is 1.32. The van der Waals surface area contributed by atoms with Crippen LogP contribution in [0.3, 0.4) is 0 Å². The van der Waals surface area contributed by atoms with E-state index < -0.39 is 0 Å². The van der Waals surface area contributed by atoms with E-state index in [0.29, 0.717) is 18.7 Å². The molecule has 0 spiro atoms. The van der Waals surface area contributed by atoms with Crippen molar-refractivity contribution in [2.24, 2.45) is 0 Å². The molecule has 2 fully saturated rings. The molecule has 2 saturated heterocycles. The van der Waals surface area contributed by atoms with Crippen molar-refractivity contribution >= 4 is 6.03 Å². The fourth-order valence-electron chi connectivity index (χ4n) is 3.65. The van der Waals surface area contributed by atoms with Crippen LogP contribution in [-0.4, -0.2) is 48.8 Å². The number of nitrogens with zero attached hydrogens (tertiary/aromatic N) is 1. The Hall–Kier alpha value is -1.59. The quantitative estimate of drug-likeness (QED) is 0.807.